The molecule has 0 radical (unpaired) electrons. The molecule has 0 spiro atoms. The summed E-state index contributed by atoms with van der Waals surface area (Å²) in [6, 6.07) is 17.5. The summed E-state index contributed by atoms with van der Waals surface area (Å²) in [7, 11) is 0. The van der Waals surface area contributed by atoms with Gasteiger partial charge in [-0.15, -0.1) is 0 Å². The molecule has 1 aliphatic carbocycles. The van der Waals surface area contributed by atoms with E-state index in [2.05, 4.69) is 16.1 Å². The first-order chi connectivity index (χ1) is 15.2. The van der Waals surface area contributed by atoms with Gasteiger partial charge in [0.1, 0.15) is 0 Å². The van der Waals surface area contributed by atoms with Gasteiger partial charge in [-0.3, -0.25) is 4.98 Å². The minimum Gasteiger partial charge on any atom is -0.396 e. The number of nitrogens with zero attached hydrogens (tertiary/aromatic N) is 4. The third-order valence-electron chi connectivity index (χ3n) is 6.19. The molecule has 5 rings (SSSR count). The van der Waals surface area contributed by atoms with Gasteiger partial charge >= 0.3 is 0 Å². The molecule has 3 aromatic heterocycles. The lowest BCUT2D eigenvalue weighted by molar-refractivity contribution is 0.0906. The molecule has 7 heteroatoms. The molecule has 1 aromatic carbocycles. The number of fused-ring (bicyclic) bond motifs is 1. The summed E-state index contributed by atoms with van der Waals surface area (Å²) in [5.41, 5.74) is 10.7. The summed E-state index contributed by atoms with van der Waals surface area (Å²) >= 11 is 0. The lowest BCUT2D eigenvalue weighted by Crippen LogP contribution is -2.35. The molecule has 1 atom stereocenters. The number of rotatable bonds is 6. The van der Waals surface area contributed by atoms with Crippen LogP contribution in [0.3, 0.4) is 0 Å². The van der Waals surface area contributed by atoms with E-state index in [-0.39, 0.29) is 19.3 Å². The van der Waals surface area contributed by atoms with Gasteiger partial charge in [0, 0.05) is 23.6 Å². The van der Waals surface area contributed by atoms with E-state index >= 15 is 0 Å². The molecule has 1 unspecified atom stereocenters. The summed E-state index contributed by atoms with van der Waals surface area (Å²) in [6.07, 6.45) is 3.71. The zero-order valence-corrected chi connectivity index (χ0v) is 17.1. The van der Waals surface area contributed by atoms with E-state index in [0.717, 1.165) is 40.7 Å². The van der Waals surface area contributed by atoms with Gasteiger partial charge in [-0.05, 0) is 55.0 Å². The largest absolute Gasteiger partial charge is 0.396 e. The molecule has 31 heavy (non-hydrogen) atoms. The second-order valence-electron chi connectivity index (χ2n) is 8.23. The Labute approximate surface area is 180 Å². The Bertz CT molecular complexity index is 1220. The standard InChI is InChI=1S/C24H25N5O2/c25-24(18-9-15(10-18)13-30)21-5-2-4-20(28-21)16-7-8-17-12-26-29(22(17)11-16)23-6-1-3-19(14-31)27-23/h1-8,11-12,15,18,24,30-31H,9-10,13-14,25H2. The maximum Gasteiger partial charge on any atom is 0.154 e. The minimum atomic E-state index is -0.123. The smallest absolute Gasteiger partial charge is 0.154 e. The molecule has 0 amide bonds. The summed E-state index contributed by atoms with van der Waals surface area (Å²) in [6.45, 7) is 0.121. The summed E-state index contributed by atoms with van der Waals surface area (Å²) in [5, 5.41) is 24.2. The first-order valence-electron chi connectivity index (χ1n) is 10.5. The van der Waals surface area contributed by atoms with E-state index in [1.165, 1.54) is 0 Å². The van der Waals surface area contributed by atoms with Crippen molar-refractivity contribution in [3.63, 3.8) is 0 Å². The van der Waals surface area contributed by atoms with Crippen LogP contribution < -0.4 is 5.73 Å². The predicted octanol–water partition coefficient (Wildman–Crippen LogP) is 2.99. The van der Waals surface area contributed by atoms with Gasteiger partial charge in [0.2, 0.25) is 0 Å². The number of aliphatic hydroxyl groups is 2. The molecule has 0 aliphatic heterocycles. The van der Waals surface area contributed by atoms with Crippen LogP contribution in [-0.4, -0.2) is 36.6 Å². The molecule has 1 saturated carbocycles. The molecular formula is C24H25N5O2. The number of hydrogen-bond donors (Lipinski definition) is 3. The molecule has 7 nitrogen and oxygen atoms in total. The fourth-order valence-electron chi connectivity index (χ4n) is 4.30. The summed E-state index contributed by atoms with van der Waals surface area (Å²) in [5.74, 6) is 1.40. The number of benzene rings is 1. The molecule has 4 aromatic rings. The third kappa shape index (κ3) is 3.72. The quantitative estimate of drug-likeness (QED) is 0.447. The van der Waals surface area contributed by atoms with Gasteiger partial charge in [-0.1, -0.05) is 24.3 Å². The first kappa shape index (κ1) is 19.8. The highest BCUT2D eigenvalue weighted by Crippen LogP contribution is 2.40. The highest BCUT2D eigenvalue weighted by Gasteiger charge is 2.34. The fourth-order valence-corrected chi connectivity index (χ4v) is 4.30. The zero-order valence-electron chi connectivity index (χ0n) is 17.1. The van der Waals surface area contributed by atoms with Gasteiger partial charge in [0.25, 0.3) is 0 Å². The van der Waals surface area contributed by atoms with E-state index in [1.807, 2.05) is 42.5 Å². The number of hydrogen-bond acceptors (Lipinski definition) is 6. The predicted molar refractivity (Wildman–Crippen MR) is 118 cm³/mol. The van der Waals surface area contributed by atoms with Crippen molar-refractivity contribution >= 4 is 10.9 Å². The Hall–Kier alpha value is -3.13. The van der Waals surface area contributed by atoms with Crippen LogP contribution in [0.4, 0.5) is 0 Å². The number of aromatic nitrogens is 4. The highest BCUT2D eigenvalue weighted by atomic mass is 16.3. The molecule has 0 bridgehead atoms. The molecular weight excluding hydrogens is 390 g/mol. The van der Waals surface area contributed by atoms with Crippen LogP contribution in [0.15, 0.2) is 60.8 Å². The van der Waals surface area contributed by atoms with Crippen LogP contribution in [0.25, 0.3) is 28.0 Å². The third-order valence-corrected chi connectivity index (χ3v) is 6.19. The van der Waals surface area contributed by atoms with Crippen molar-refractivity contribution in [2.45, 2.75) is 25.5 Å². The van der Waals surface area contributed by atoms with Crippen LogP contribution in [0.1, 0.15) is 30.3 Å². The molecule has 0 saturated heterocycles. The average Bonchev–Trinajstić information content (AvgIpc) is 3.22. The van der Waals surface area contributed by atoms with Gasteiger partial charge in [-0.2, -0.15) is 5.10 Å². The average molecular weight is 415 g/mol. The van der Waals surface area contributed by atoms with Crippen LogP contribution >= 0.6 is 0 Å². The Morgan fingerprint density at radius 1 is 1.03 bits per heavy atom. The van der Waals surface area contributed by atoms with Crippen molar-refractivity contribution in [1.29, 1.82) is 0 Å². The van der Waals surface area contributed by atoms with Crippen molar-refractivity contribution < 1.29 is 10.2 Å². The van der Waals surface area contributed by atoms with Crippen LogP contribution in [0.2, 0.25) is 0 Å². The van der Waals surface area contributed by atoms with Crippen molar-refractivity contribution in [2.75, 3.05) is 6.61 Å². The number of pyridine rings is 2. The van der Waals surface area contributed by atoms with Crippen molar-refractivity contribution in [3.05, 3.63) is 72.2 Å². The Morgan fingerprint density at radius 3 is 2.68 bits per heavy atom. The Balaban J connectivity index is 1.48. The Morgan fingerprint density at radius 2 is 1.87 bits per heavy atom. The lowest BCUT2D eigenvalue weighted by atomic mass is 9.71. The topological polar surface area (TPSA) is 110 Å². The monoisotopic (exact) mass is 415 g/mol. The van der Waals surface area contributed by atoms with Crippen LogP contribution in [-0.2, 0) is 6.61 Å². The zero-order chi connectivity index (χ0) is 21.4. The number of nitrogens with two attached hydrogens (primary N) is 1. The first-order valence-corrected chi connectivity index (χ1v) is 10.5. The van der Waals surface area contributed by atoms with E-state index in [1.54, 1.807) is 16.9 Å². The fraction of sp³-hybridized carbons (Fsp3) is 0.292. The van der Waals surface area contributed by atoms with E-state index in [0.29, 0.717) is 23.3 Å². The molecule has 3 heterocycles. The molecule has 4 N–H and O–H groups in total. The second-order valence-corrected chi connectivity index (χ2v) is 8.23. The lowest BCUT2D eigenvalue weighted by Gasteiger charge is -2.37. The maximum atomic E-state index is 9.40. The van der Waals surface area contributed by atoms with Crippen molar-refractivity contribution in [1.82, 2.24) is 19.7 Å². The van der Waals surface area contributed by atoms with Crippen molar-refractivity contribution in [2.24, 2.45) is 17.6 Å². The summed E-state index contributed by atoms with van der Waals surface area (Å²) in [4.78, 5) is 9.32. The molecule has 1 aliphatic rings. The van der Waals surface area contributed by atoms with E-state index < -0.39 is 0 Å². The number of aliphatic hydroxyl groups excluding tert-OH is 2. The summed E-state index contributed by atoms with van der Waals surface area (Å²) < 4.78 is 1.77. The normalized spacial score (nSPS) is 19.3. The van der Waals surface area contributed by atoms with Crippen LogP contribution in [0, 0.1) is 11.8 Å². The van der Waals surface area contributed by atoms with Gasteiger partial charge in [-0.25, -0.2) is 9.67 Å². The van der Waals surface area contributed by atoms with Crippen LogP contribution in [0.5, 0.6) is 0 Å². The van der Waals surface area contributed by atoms with Gasteiger partial charge < -0.3 is 15.9 Å². The minimum absolute atomic E-state index is 0.116. The highest BCUT2D eigenvalue weighted by molar-refractivity contribution is 5.84. The second kappa shape index (κ2) is 8.19. The van der Waals surface area contributed by atoms with E-state index in [9.17, 15) is 10.2 Å². The van der Waals surface area contributed by atoms with Crippen molar-refractivity contribution in [3.8, 4) is 17.1 Å². The molecule has 158 valence electrons. The van der Waals surface area contributed by atoms with E-state index in [4.69, 9.17) is 10.7 Å². The SMILES string of the molecule is NC(c1cccc(-c2ccc3cnn(-c4cccc(CO)n4)c3c2)n1)C1CC(CO)C1. The molecule has 1 fully saturated rings. The maximum absolute atomic E-state index is 9.40. The van der Waals surface area contributed by atoms with Gasteiger partial charge in [0.05, 0.1) is 35.4 Å². The Kier molecular flexibility index (Phi) is 5.23. The van der Waals surface area contributed by atoms with Gasteiger partial charge in [0.15, 0.2) is 5.82 Å².